The lowest BCUT2D eigenvalue weighted by atomic mass is 9.93. The molecule has 0 unspecified atom stereocenters. The highest BCUT2D eigenvalue weighted by Gasteiger charge is 2.35. The SMILES string of the molecule is CC(C)[C@H](C)NC[C@@H]1C[C@H]2C=C[C@H]1C2. The van der Waals surface area contributed by atoms with Crippen LogP contribution in [0.2, 0.25) is 0 Å². The smallest absolute Gasteiger partial charge is 0.00618 e. The molecule has 2 aliphatic rings. The van der Waals surface area contributed by atoms with Crippen molar-refractivity contribution in [3.8, 4) is 0 Å². The summed E-state index contributed by atoms with van der Waals surface area (Å²) in [5.74, 6) is 3.49. The first-order valence-electron chi connectivity index (χ1n) is 6.08. The molecule has 1 N–H and O–H groups in total. The summed E-state index contributed by atoms with van der Waals surface area (Å²) < 4.78 is 0. The molecule has 14 heavy (non-hydrogen) atoms. The van der Waals surface area contributed by atoms with E-state index in [4.69, 9.17) is 0 Å². The van der Waals surface area contributed by atoms with E-state index in [1.165, 1.54) is 19.4 Å². The Bertz CT molecular complexity index is 219. The molecule has 0 aromatic rings. The maximum Gasteiger partial charge on any atom is 0.00618 e. The summed E-state index contributed by atoms with van der Waals surface area (Å²) in [6.45, 7) is 8.11. The van der Waals surface area contributed by atoms with Gasteiger partial charge in [0, 0.05) is 6.04 Å². The van der Waals surface area contributed by atoms with Crippen molar-refractivity contribution in [1.29, 1.82) is 0 Å². The minimum absolute atomic E-state index is 0.665. The zero-order valence-electron chi connectivity index (χ0n) is 9.66. The van der Waals surface area contributed by atoms with Gasteiger partial charge in [-0.05, 0) is 50.0 Å². The van der Waals surface area contributed by atoms with E-state index in [1.54, 1.807) is 0 Å². The Balaban J connectivity index is 1.74. The molecule has 1 saturated carbocycles. The number of hydrogen-bond donors (Lipinski definition) is 1. The zero-order valence-corrected chi connectivity index (χ0v) is 9.66. The van der Waals surface area contributed by atoms with Crippen LogP contribution in [0.25, 0.3) is 0 Å². The van der Waals surface area contributed by atoms with Crippen LogP contribution < -0.4 is 5.32 Å². The van der Waals surface area contributed by atoms with Gasteiger partial charge in [0.2, 0.25) is 0 Å². The number of rotatable bonds is 4. The molecule has 1 nitrogen and oxygen atoms in total. The molecule has 2 aliphatic carbocycles. The predicted octanol–water partition coefficient (Wildman–Crippen LogP) is 2.83. The first-order chi connectivity index (χ1) is 6.66. The monoisotopic (exact) mass is 193 g/mol. The van der Waals surface area contributed by atoms with E-state index in [0.717, 1.165) is 23.7 Å². The largest absolute Gasteiger partial charge is 0.314 e. The van der Waals surface area contributed by atoms with Gasteiger partial charge in [-0.3, -0.25) is 0 Å². The van der Waals surface area contributed by atoms with E-state index in [1.807, 2.05) is 0 Å². The maximum atomic E-state index is 3.67. The van der Waals surface area contributed by atoms with Gasteiger partial charge in [-0.2, -0.15) is 0 Å². The van der Waals surface area contributed by atoms with Gasteiger partial charge in [-0.15, -0.1) is 0 Å². The molecule has 1 heteroatoms. The van der Waals surface area contributed by atoms with Crippen molar-refractivity contribution < 1.29 is 0 Å². The summed E-state index contributed by atoms with van der Waals surface area (Å²) in [7, 11) is 0. The molecule has 4 atom stereocenters. The Morgan fingerprint density at radius 3 is 2.50 bits per heavy atom. The van der Waals surface area contributed by atoms with Crippen molar-refractivity contribution in [2.75, 3.05) is 6.54 Å². The van der Waals surface area contributed by atoms with Gasteiger partial charge in [0.15, 0.2) is 0 Å². The molecule has 2 rings (SSSR count). The Labute approximate surface area is 88.0 Å². The number of allylic oxidation sites excluding steroid dienone is 2. The van der Waals surface area contributed by atoms with Gasteiger partial charge >= 0.3 is 0 Å². The molecule has 1 fully saturated rings. The van der Waals surface area contributed by atoms with E-state index >= 15 is 0 Å². The van der Waals surface area contributed by atoms with Gasteiger partial charge in [-0.25, -0.2) is 0 Å². The Morgan fingerprint density at radius 1 is 1.21 bits per heavy atom. The van der Waals surface area contributed by atoms with Crippen LogP contribution in [0.15, 0.2) is 12.2 Å². The average molecular weight is 193 g/mol. The Hall–Kier alpha value is -0.300. The number of hydrogen-bond acceptors (Lipinski definition) is 1. The molecule has 0 spiro atoms. The van der Waals surface area contributed by atoms with Crippen LogP contribution in [0.4, 0.5) is 0 Å². The van der Waals surface area contributed by atoms with Crippen molar-refractivity contribution in [3.05, 3.63) is 12.2 Å². The van der Waals surface area contributed by atoms with E-state index in [9.17, 15) is 0 Å². The van der Waals surface area contributed by atoms with E-state index in [0.29, 0.717) is 6.04 Å². The third-order valence-corrected chi connectivity index (χ3v) is 4.12. The van der Waals surface area contributed by atoms with Crippen LogP contribution in [0.3, 0.4) is 0 Å². The lowest BCUT2D eigenvalue weighted by molar-refractivity contribution is 0.352. The number of nitrogens with one attached hydrogen (secondary N) is 1. The molecular formula is C13H23N. The molecule has 0 aliphatic heterocycles. The van der Waals surface area contributed by atoms with Crippen molar-refractivity contribution in [3.63, 3.8) is 0 Å². The van der Waals surface area contributed by atoms with Crippen molar-refractivity contribution in [2.45, 2.75) is 39.7 Å². The molecule has 0 aromatic heterocycles. The summed E-state index contributed by atoms with van der Waals surface area (Å²) in [4.78, 5) is 0. The van der Waals surface area contributed by atoms with Crippen LogP contribution in [0.1, 0.15) is 33.6 Å². The highest BCUT2D eigenvalue weighted by Crippen LogP contribution is 2.42. The van der Waals surface area contributed by atoms with Crippen LogP contribution in [0, 0.1) is 23.7 Å². The fourth-order valence-electron chi connectivity index (χ4n) is 2.70. The Kier molecular flexibility index (Phi) is 2.96. The lowest BCUT2D eigenvalue weighted by Gasteiger charge is -2.23. The van der Waals surface area contributed by atoms with Gasteiger partial charge in [0.1, 0.15) is 0 Å². The normalized spacial score (nSPS) is 37.0. The van der Waals surface area contributed by atoms with Crippen LogP contribution in [-0.2, 0) is 0 Å². The van der Waals surface area contributed by atoms with Crippen molar-refractivity contribution in [1.82, 2.24) is 5.32 Å². The minimum Gasteiger partial charge on any atom is -0.314 e. The molecule has 2 bridgehead atoms. The molecule has 0 heterocycles. The molecule has 80 valence electrons. The van der Waals surface area contributed by atoms with E-state index < -0.39 is 0 Å². The molecular weight excluding hydrogens is 170 g/mol. The van der Waals surface area contributed by atoms with Crippen LogP contribution >= 0.6 is 0 Å². The number of fused-ring (bicyclic) bond motifs is 2. The molecule has 0 aromatic carbocycles. The lowest BCUT2D eigenvalue weighted by Crippen LogP contribution is -2.35. The molecule has 0 radical (unpaired) electrons. The van der Waals surface area contributed by atoms with Gasteiger partial charge < -0.3 is 5.32 Å². The fraction of sp³-hybridized carbons (Fsp3) is 0.846. The topological polar surface area (TPSA) is 12.0 Å². The third kappa shape index (κ3) is 2.03. The van der Waals surface area contributed by atoms with Gasteiger partial charge in [0.05, 0.1) is 0 Å². The minimum atomic E-state index is 0.665. The second-order valence-electron chi connectivity index (χ2n) is 5.48. The molecule has 0 saturated heterocycles. The van der Waals surface area contributed by atoms with Gasteiger partial charge in [-0.1, -0.05) is 26.0 Å². The average Bonchev–Trinajstić information content (AvgIpc) is 2.74. The summed E-state index contributed by atoms with van der Waals surface area (Å²) in [5, 5.41) is 3.67. The zero-order chi connectivity index (χ0) is 10.1. The summed E-state index contributed by atoms with van der Waals surface area (Å²) in [5.41, 5.74) is 0. The van der Waals surface area contributed by atoms with Crippen LogP contribution in [0.5, 0.6) is 0 Å². The van der Waals surface area contributed by atoms with E-state index in [2.05, 4.69) is 38.2 Å². The van der Waals surface area contributed by atoms with Crippen molar-refractivity contribution >= 4 is 0 Å². The quantitative estimate of drug-likeness (QED) is 0.677. The predicted molar refractivity (Wildman–Crippen MR) is 61.1 cm³/mol. The first kappa shape index (κ1) is 10.2. The standard InChI is InChI=1S/C13H23N/c1-9(2)10(3)14-8-13-7-11-4-5-12(13)6-11/h4-5,9-14H,6-8H2,1-3H3/t10-,11-,12-,13-/m0/s1. The highest BCUT2D eigenvalue weighted by molar-refractivity contribution is 5.10. The highest BCUT2D eigenvalue weighted by atomic mass is 14.9. The van der Waals surface area contributed by atoms with E-state index in [-0.39, 0.29) is 0 Å². The third-order valence-electron chi connectivity index (χ3n) is 4.12. The summed E-state index contributed by atoms with van der Waals surface area (Å²) >= 11 is 0. The maximum absolute atomic E-state index is 3.67. The Morgan fingerprint density at radius 2 is 2.00 bits per heavy atom. The van der Waals surface area contributed by atoms with Crippen LogP contribution in [-0.4, -0.2) is 12.6 Å². The fourth-order valence-corrected chi connectivity index (χ4v) is 2.70. The second kappa shape index (κ2) is 4.06. The molecule has 0 amide bonds. The summed E-state index contributed by atoms with van der Waals surface area (Å²) in [6.07, 6.45) is 7.73. The van der Waals surface area contributed by atoms with Crippen molar-refractivity contribution in [2.24, 2.45) is 23.7 Å². The first-order valence-corrected chi connectivity index (χ1v) is 6.08. The second-order valence-corrected chi connectivity index (χ2v) is 5.48. The summed E-state index contributed by atoms with van der Waals surface area (Å²) in [6, 6.07) is 0.665. The van der Waals surface area contributed by atoms with Gasteiger partial charge in [0.25, 0.3) is 0 Å².